The van der Waals surface area contributed by atoms with Crippen molar-refractivity contribution < 1.29 is 37.3 Å². The molecule has 3 N–H and O–H groups in total. The van der Waals surface area contributed by atoms with Crippen LogP contribution in [-0.2, 0) is 25.9 Å². The van der Waals surface area contributed by atoms with Gasteiger partial charge in [0.25, 0.3) is 0 Å². The van der Waals surface area contributed by atoms with Gasteiger partial charge in [0.2, 0.25) is 10.0 Å². The first-order chi connectivity index (χ1) is 18.5. The van der Waals surface area contributed by atoms with Gasteiger partial charge in [-0.2, -0.15) is 0 Å². The van der Waals surface area contributed by atoms with Gasteiger partial charge in [0.05, 0.1) is 18.2 Å². The molecule has 39 heavy (non-hydrogen) atoms. The predicted octanol–water partition coefficient (Wildman–Crippen LogP) is 3.77. The van der Waals surface area contributed by atoms with Crippen molar-refractivity contribution in [3.8, 4) is 11.5 Å². The molecule has 1 aliphatic rings. The lowest BCUT2D eigenvalue weighted by molar-refractivity contribution is 0.0427. The maximum atomic E-state index is 13.4. The largest absolute Gasteiger partial charge is 0.489 e. The molecule has 216 valence electrons. The van der Waals surface area contributed by atoms with Crippen LogP contribution >= 0.6 is 0 Å². The van der Waals surface area contributed by atoms with Gasteiger partial charge in [-0.1, -0.05) is 30.3 Å². The van der Waals surface area contributed by atoms with Crippen LogP contribution in [0.25, 0.3) is 0 Å². The van der Waals surface area contributed by atoms with Gasteiger partial charge in [-0.25, -0.2) is 17.9 Å². The normalized spacial score (nSPS) is 15.9. The zero-order valence-corrected chi connectivity index (χ0v) is 23.8. The number of rotatable bonds is 13. The summed E-state index contributed by atoms with van der Waals surface area (Å²) in [6, 6.07) is 12.9. The van der Waals surface area contributed by atoms with Crippen LogP contribution < -0.4 is 19.5 Å². The first-order valence-electron chi connectivity index (χ1n) is 13.1. The van der Waals surface area contributed by atoms with Crippen LogP contribution in [0.3, 0.4) is 0 Å². The number of amides is 1. The summed E-state index contributed by atoms with van der Waals surface area (Å²) in [7, 11) is -2.60. The van der Waals surface area contributed by atoms with Crippen LogP contribution in [0.1, 0.15) is 52.0 Å². The van der Waals surface area contributed by atoms with E-state index in [9.17, 15) is 18.3 Å². The molecule has 2 atom stereocenters. The van der Waals surface area contributed by atoms with Crippen LogP contribution in [0.4, 0.5) is 4.79 Å². The molecule has 3 rings (SSSR count). The Balaban J connectivity index is 1.76. The molecule has 1 aliphatic carbocycles. The summed E-state index contributed by atoms with van der Waals surface area (Å²) in [5.41, 5.74) is 0.127. The molecule has 11 heteroatoms. The minimum absolute atomic E-state index is 0.00680. The quantitative estimate of drug-likeness (QED) is 0.313. The second-order valence-electron chi connectivity index (χ2n) is 10.5. The van der Waals surface area contributed by atoms with Crippen LogP contribution in [0.5, 0.6) is 11.5 Å². The van der Waals surface area contributed by atoms with Crippen molar-refractivity contribution in [3.05, 3.63) is 54.1 Å². The predicted molar refractivity (Wildman–Crippen MR) is 146 cm³/mol. The standard InChI is InChI=1S/C28H40N2O8S/c1-28(2,3)38-27(32)30-23(16-20-10-6-5-7-11-20)24(31)18-29-39(33,34)26-15-14-22(36-19-35-4)17-25(26)37-21-12-8-9-13-21/h5-7,10-11,14-15,17,21,23-24,29,31H,8-9,12-13,16,18-19H2,1-4H3,(H,30,32)/t23-,24+/m0/s1. The van der Waals surface area contributed by atoms with Gasteiger partial charge in [0.1, 0.15) is 22.0 Å². The molecule has 0 radical (unpaired) electrons. The lowest BCUT2D eigenvalue weighted by Crippen LogP contribution is -2.50. The summed E-state index contributed by atoms with van der Waals surface area (Å²) in [6.45, 7) is 4.87. The fraction of sp³-hybridized carbons (Fsp3) is 0.536. The number of aliphatic hydroxyl groups is 1. The second kappa shape index (κ2) is 14.0. The molecule has 0 aromatic heterocycles. The van der Waals surface area contributed by atoms with Crippen molar-refractivity contribution in [3.63, 3.8) is 0 Å². The molecule has 1 amide bonds. The fourth-order valence-electron chi connectivity index (χ4n) is 4.23. The number of aliphatic hydroxyl groups excluding tert-OH is 1. The highest BCUT2D eigenvalue weighted by atomic mass is 32.2. The summed E-state index contributed by atoms with van der Waals surface area (Å²) in [5.74, 6) is 0.582. The van der Waals surface area contributed by atoms with E-state index in [1.807, 2.05) is 30.3 Å². The summed E-state index contributed by atoms with van der Waals surface area (Å²) in [6.07, 6.45) is 1.94. The molecule has 2 aromatic rings. The Morgan fingerprint density at radius 3 is 2.44 bits per heavy atom. The van der Waals surface area contributed by atoms with Crippen LogP contribution in [-0.4, -0.2) is 63.9 Å². The van der Waals surface area contributed by atoms with E-state index in [4.69, 9.17) is 18.9 Å². The topological polar surface area (TPSA) is 132 Å². The van der Waals surface area contributed by atoms with E-state index in [-0.39, 0.29) is 36.5 Å². The van der Waals surface area contributed by atoms with E-state index in [0.717, 1.165) is 31.2 Å². The number of carbonyl (C=O) groups is 1. The molecular weight excluding hydrogens is 524 g/mol. The maximum Gasteiger partial charge on any atom is 0.407 e. The Hall–Kier alpha value is -2.86. The average molecular weight is 565 g/mol. The Kier molecular flexibility index (Phi) is 11.0. The Labute approximate surface area is 231 Å². The third-order valence-electron chi connectivity index (χ3n) is 6.09. The first kappa shape index (κ1) is 30.7. The van der Waals surface area contributed by atoms with Gasteiger partial charge in [-0.15, -0.1) is 0 Å². The molecular formula is C28H40N2O8S. The Bertz CT molecular complexity index is 1160. The van der Waals surface area contributed by atoms with Crippen LogP contribution in [0, 0.1) is 0 Å². The van der Waals surface area contributed by atoms with Gasteiger partial charge >= 0.3 is 6.09 Å². The number of ether oxygens (including phenoxy) is 4. The van der Waals surface area contributed by atoms with Crippen LogP contribution in [0.15, 0.2) is 53.4 Å². The van der Waals surface area contributed by atoms with E-state index in [2.05, 4.69) is 10.0 Å². The van der Waals surface area contributed by atoms with E-state index < -0.39 is 33.9 Å². The molecule has 0 bridgehead atoms. The summed E-state index contributed by atoms with van der Waals surface area (Å²) >= 11 is 0. The number of carbonyl (C=O) groups excluding carboxylic acids is 1. The van der Waals surface area contributed by atoms with Gasteiger partial charge in [0, 0.05) is 19.7 Å². The smallest absolute Gasteiger partial charge is 0.407 e. The van der Waals surface area contributed by atoms with E-state index in [0.29, 0.717) is 5.75 Å². The lowest BCUT2D eigenvalue weighted by atomic mass is 10.0. The summed E-state index contributed by atoms with van der Waals surface area (Å²) in [5, 5.41) is 13.7. The second-order valence-corrected chi connectivity index (χ2v) is 12.3. The molecule has 0 spiro atoms. The van der Waals surface area contributed by atoms with Crippen molar-refractivity contribution >= 4 is 16.1 Å². The van der Waals surface area contributed by atoms with Crippen LogP contribution in [0.2, 0.25) is 0 Å². The molecule has 1 fully saturated rings. The number of hydrogen-bond acceptors (Lipinski definition) is 8. The Morgan fingerprint density at radius 2 is 1.79 bits per heavy atom. The molecule has 2 aromatic carbocycles. The highest BCUT2D eigenvalue weighted by molar-refractivity contribution is 7.89. The molecule has 0 saturated heterocycles. The highest BCUT2D eigenvalue weighted by Crippen LogP contribution is 2.32. The zero-order valence-electron chi connectivity index (χ0n) is 23.0. The molecule has 0 unspecified atom stereocenters. The average Bonchev–Trinajstić information content (AvgIpc) is 3.38. The number of alkyl carbamates (subject to hydrolysis) is 1. The van der Waals surface area contributed by atoms with Gasteiger partial charge in [0.15, 0.2) is 6.79 Å². The summed E-state index contributed by atoms with van der Waals surface area (Å²) < 4.78 is 51.0. The number of nitrogens with one attached hydrogen (secondary N) is 2. The molecule has 0 heterocycles. The number of sulfonamides is 1. The third kappa shape index (κ3) is 9.99. The molecule has 0 aliphatic heterocycles. The van der Waals surface area contributed by atoms with Crippen molar-refractivity contribution in [2.24, 2.45) is 0 Å². The summed E-state index contributed by atoms with van der Waals surface area (Å²) in [4.78, 5) is 12.4. The van der Waals surface area contributed by atoms with Gasteiger partial charge < -0.3 is 29.4 Å². The van der Waals surface area contributed by atoms with E-state index >= 15 is 0 Å². The van der Waals surface area contributed by atoms with E-state index in [1.54, 1.807) is 20.8 Å². The van der Waals surface area contributed by atoms with Crippen molar-refractivity contribution in [2.75, 3.05) is 20.4 Å². The minimum atomic E-state index is -4.09. The first-order valence-corrected chi connectivity index (χ1v) is 14.6. The SMILES string of the molecule is COCOc1ccc(S(=O)(=O)NC[C@@H](O)[C@H](Cc2ccccc2)NC(=O)OC(C)(C)C)c(OC2CCCC2)c1. The van der Waals surface area contributed by atoms with E-state index in [1.165, 1.54) is 25.3 Å². The Morgan fingerprint density at radius 1 is 1.10 bits per heavy atom. The van der Waals surface area contributed by atoms with Crippen molar-refractivity contribution in [1.29, 1.82) is 0 Å². The van der Waals surface area contributed by atoms with Crippen molar-refractivity contribution in [2.45, 2.75) is 81.6 Å². The van der Waals surface area contributed by atoms with Gasteiger partial charge in [-0.05, 0) is 70.6 Å². The maximum absolute atomic E-state index is 13.4. The minimum Gasteiger partial charge on any atom is -0.489 e. The number of methoxy groups -OCH3 is 1. The third-order valence-corrected chi connectivity index (χ3v) is 7.55. The fourth-order valence-corrected chi connectivity index (χ4v) is 5.40. The zero-order chi connectivity index (χ0) is 28.5. The number of benzene rings is 2. The monoisotopic (exact) mass is 564 g/mol. The van der Waals surface area contributed by atoms with Crippen molar-refractivity contribution in [1.82, 2.24) is 10.0 Å². The van der Waals surface area contributed by atoms with Gasteiger partial charge in [-0.3, -0.25) is 0 Å². The molecule has 1 saturated carbocycles. The highest BCUT2D eigenvalue weighted by Gasteiger charge is 2.29. The number of hydrogen-bond donors (Lipinski definition) is 3. The lowest BCUT2D eigenvalue weighted by Gasteiger charge is -2.27. The molecule has 10 nitrogen and oxygen atoms in total.